The van der Waals surface area contributed by atoms with Crippen LogP contribution in [0.4, 0.5) is 0 Å². The van der Waals surface area contributed by atoms with Crippen molar-refractivity contribution >= 4 is 5.91 Å². The van der Waals surface area contributed by atoms with Gasteiger partial charge in [-0.3, -0.25) is 9.78 Å². The number of nitrogens with one attached hydrogen (secondary N) is 1. The van der Waals surface area contributed by atoms with Crippen LogP contribution in [0, 0.1) is 5.92 Å². The van der Waals surface area contributed by atoms with Crippen molar-refractivity contribution in [3.05, 3.63) is 54.0 Å². The monoisotopic (exact) mass is 325 g/mol. The van der Waals surface area contributed by atoms with Crippen molar-refractivity contribution in [1.82, 2.24) is 15.3 Å². The van der Waals surface area contributed by atoms with E-state index in [2.05, 4.69) is 15.3 Å². The first-order valence-corrected chi connectivity index (χ1v) is 8.58. The van der Waals surface area contributed by atoms with Crippen LogP contribution >= 0.6 is 0 Å². The summed E-state index contributed by atoms with van der Waals surface area (Å²) >= 11 is 0. The third-order valence-electron chi connectivity index (χ3n) is 4.37. The molecule has 1 fully saturated rings. The van der Waals surface area contributed by atoms with Crippen molar-refractivity contribution < 1.29 is 9.53 Å². The van der Waals surface area contributed by atoms with E-state index in [1.165, 1.54) is 32.1 Å². The molecule has 126 valence electrons. The number of hydrogen-bond acceptors (Lipinski definition) is 4. The highest BCUT2D eigenvalue weighted by Crippen LogP contribution is 2.22. The van der Waals surface area contributed by atoms with Gasteiger partial charge in [-0.2, -0.15) is 0 Å². The zero-order valence-corrected chi connectivity index (χ0v) is 13.8. The number of aromatic nitrogens is 2. The zero-order chi connectivity index (χ0) is 16.6. The van der Waals surface area contributed by atoms with Crippen LogP contribution in [-0.4, -0.2) is 22.4 Å². The summed E-state index contributed by atoms with van der Waals surface area (Å²) in [6.07, 6.45) is 9.64. The molecular weight excluding hydrogens is 302 g/mol. The van der Waals surface area contributed by atoms with Crippen molar-refractivity contribution in [3.63, 3.8) is 0 Å². The Morgan fingerprint density at radius 2 is 2.00 bits per heavy atom. The highest BCUT2D eigenvalue weighted by atomic mass is 16.5. The highest BCUT2D eigenvalue weighted by Gasteiger charge is 2.15. The normalized spacial score (nSPS) is 15.0. The van der Waals surface area contributed by atoms with Crippen LogP contribution in [0.25, 0.3) is 0 Å². The lowest BCUT2D eigenvalue weighted by Gasteiger charge is -2.21. The van der Waals surface area contributed by atoms with E-state index < -0.39 is 0 Å². The second-order valence-electron chi connectivity index (χ2n) is 6.21. The Morgan fingerprint density at radius 3 is 2.71 bits per heavy atom. The molecule has 1 N–H and O–H groups in total. The van der Waals surface area contributed by atoms with Crippen LogP contribution in [0.3, 0.4) is 0 Å². The summed E-state index contributed by atoms with van der Waals surface area (Å²) in [5.74, 6) is 1.14. The standard InChI is InChI=1S/C19H23N3O2/c23-19(22-12-15-6-2-1-3-7-15)16-9-10-17(21-13-16)14-24-18-8-4-5-11-20-18/h4-5,8-11,13,15H,1-3,6-7,12,14H2,(H,22,23). The van der Waals surface area contributed by atoms with Gasteiger partial charge in [0.1, 0.15) is 6.61 Å². The van der Waals surface area contributed by atoms with E-state index in [1.807, 2.05) is 18.2 Å². The number of nitrogens with zero attached hydrogens (tertiary/aromatic N) is 2. The van der Waals surface area contributed by atoms with Crippen molar-refractivity contribution in [2.75, 3.05) is 6.54 Å². The Balaban J connectivity index is 1.47. The van der Waals surface area contributed by atoms with E-state index in [9.17, 15) is 4.79 Å². The van der Waals surface area contributed by atoms with Crippen LogP contribution in [0.2, 0.25) is 0 Å². The van der Waals surface area contributed by atoms with Gasteiger partial charge in [-0.1, -0.05) is 25.3 Å². The Morgan fingerprint density at radius 1 is 1.12 bits per heavy atom. The first kappa shape index (κ1) is 16.4. The van der Waals surface area contributed by atoms with Crippen LogP contribution in [0.1, 0.15) is 48.2 Å². The average molecular weight is 325 g/mol. The molecule has 1 saturated carbocycles. The quantitative estimate of drug-likeness (QED) is 0.884. The van der Waals surface area contributed by atoms with Crippen molar-refractivity contribution in [2.24, 2.45) is 5.92 Å². The maximum atomic E-state index is 12.2. The largest absolute Gasteiger partial charge is 0.471 e. The van der Waals surface area contributed by atoms with E-state index in [0.29, 0.717) is 24.0 Å². The van der Waals surface area contributed by atoms with Gasteiger partial charge in [0.15, 0.2) is 0 Å². The molecule has 2 heterocycles. The van der Waals surface area contributed by atoms with Crippen molar-refractivity contribution in [1.29, 1.82) is 0 Å². The Kier molecular flexibility index (Phi) is 5.77. The molecule has 5 heteroatoms. The summed E-state index contributed by atoms with van der Waals surface area (Å²) in [5, 5.41) is 3.03. The molecule has 0 aliphatic heterocycles. The van der Waals surface area contributed by atoms with Gasteiger partial charge in [0.2, 0.25) is 5.88 Å². The van der Waals surface area contributed by atoms with Gasteiger partial charge in [0.25, 0.3) is 5.91 Å². The maximum Gasteiger partial charge on any atom is 0.252 e. The van der Waals surface area contributed by atoms with Gasteiger partial charge in [-0.25, -0.2) is 4.98 Å². The fourth-order valence-corrected chi connectivity index (χ4v) is 2.95. The molecule has 1 aliphatic rings. The minimum absolute atomic E-state index is 0.0507. The molecule has 0 saturated heterocycles. The molecule has 0 unspecified atom stereocenters. The Bertz CT molecular complexity index is 637. The SMILES string of the molecule is O=C(NCC1CCCCC1)c1ccc(COc2ccccn2)nc1. The van der Waals surface area contributed by atoms with E-state index in [1.54, 1.807) is 24.5 Å². The molecule has 1 amide bonds. The maximum absolute atomic E-state index is 12.2. The highest BCUT2D eigenvalue weighted by molar-refractivity contribution is 5.93. The molecule has 0 atom stereocenters. The topological polar surface area (TPSA) is 64.1 Å². The lowest BCUT2D eigenvalue weighted by molar-refractivity contribution is 0.0943. The van der Waals surface area contributed by atoms with Gasteiger partial charge in [-0.05, 0) is 37.0 Å². The fourth-order valence-electron chi connectivity index (χ4n) is 2.95. The van der Waals surface area contributed by atoms with Gasteiger partial charge in [0, 0.05) is 25.0 Å². The van der Waals surface area contributed by atoms with Crippen LogP contribution < -0.4 is 10.1 Å². The van der Waals surface area contributed by atoms with E-state index in [0.717, 1.165) is 12.2 Å². The third-order valence-corrected chi connectivity index (χ3v) is 4.37. The van der Waals surface area contributed by atoms with Crippen LogP contribution in [-0.2, 0) is 6.61 Å². The first-order chi connectivity index (χ1) is 11.8. The first-order valence-electron chi connectivity index (χ1n) is 8.58. The van der Waals surface area contributed by atoms with E-state index in [4.69, 9.17) is 4.74 Å². The molecule has 1 aliphatic carbocycles. The summed E-state index contributed by atoms with van der Waals surface area (Å²) < 4.78 is 5.55. The van der Waals surface area contributed by atoms with Crippen LogP contribution in [0.5, 0.6) is 5.88 Å². The molecule has 3 rings (SSSR count). The lowest BCUT2D eigenvalue weighted by atomic mass is 9.89. The van der Waals surface area contributed by atoms with E-state index >= 15 is 0 Å². The lowest BCUT2D eigenvalue weighted by Crippen LogP contribution is -2.30. The molecule has 2 aromatic heterocycles. The third kappa shape index (κ3) is 4.78. The number of rotatable bonds is 6. The molecule has 5 nitrogen and oxygen atoms in total. The van der Waals surface area contributed by atoms with Crippen molar-refractivity contribution in [2.45, 2.75) is 38.7 Å². The number of hydrogen-bond donors (Lipinski definition) is 1. The summed E-state index contributed by atoms with van der Waals surface area (Å²) in [4.78, 5) is 20.6. The zero-order valence-electron chi connectivity index (χ0n) is 13.8. The smallest absolute Gasteiger partial charge is 0.252 e. The molecule has 0 aromatic carbocycles. The number of pyridine rings is 2. The minimum atomic E-state index is -0.0507. The molecule has 0 bridgehead atoms. The van der Waals surface area contributed by atoms with Gasteiger partial charge >= 0.3 is 0 Å². The molecule has 2 aromatic rings. The second kappa shape index (κ2) is 8.43. The fraction of sp³-hybridized carbons (Fsp3) is 0.421. The minimum Gasteiger partial charge on any atom is -0.471 e. The number of carbonyl (C=O) groups excluding carboxylic acids is 1. The summed E-state index contributed by atoms with van der Waals surface area (Å²) in [6.45, 7) is 1.10. The molecule has 0 radical (unpaired) electrons. The van der Waals surface area contributed by atoms with Gasteiger partial charge < -0.3 is 10.1 Å². The van der Waals surface area contributed by atoms with E-state index in [-0.39, 0.29) is 5.91 Å². The summed E-state index contributed by atoms with van der Waals surface area (Å²) in [7, 11) is 0. The average Bonchev–Trinajstić information content (AvgIpc) is 2.66. The molecular formula is C19H23N3O2. The Hall–Kier alpha value is -2.43. The summed E-state index contributed by atoms with van der Waals surface area (Å²) in [6, 6.07) is 9.12. The number of amides is 1. The summed E-state index contributed by atoms with van der Waals surface area (Å²) in [5.41, 5.74) is 1.36. The van der Waals surface area contributed by atoms with Gasteiger partial charge in [0.05, 0.1) is 11.3 Å². The van der Waals surface area contributed by atoms with Gasteiger partial charge in [-0.15, -0.1) is 0 Å². The predicted octanol–water partition coefficient (Wildman–Crippen LogP) is 3.37. The molecule has 24 heavy (non-hydrogen) atoms. The van der Waals surface area contributed by atoms with Crippen molar-refractivity contribution in [3.8, 4) is 5.88 Å². The number of ether oxygens (including phenoxy) is 1. The predicted molar refractivity (Wildman–Crippen MR) is 91.7 cm³/mol. The second-order valence-corrected chi connectivity index (χ2v) is 6.21. The Labute approximate surface area is 142 Å². The molecule has 0 spiro atoms. The van der Waals surface area contributed by atoms with Crippen LogP contribution in [0.15, 0.2) is 42.7 Å². The number of carbonyl (C=O) groups is 1.